The number of carbonyl (C=O) groups is 3. The van der Waals surface area contributed by atoms with Gasteiger partial charge in [0.05, 0.1) is 48.2 Å². The van der Waals surface area contributed by atoms with Crippen LogP contribution in [0.1, 0.15) is 75.6 Å². The van der Waals surface area contributed by atoms with Crippen molar-refractivity contribution < 1.29 is 42.1 Å². The summed E-state index contributed by atoms with van der Waals surface area (Å²) in [7, 11) is 1.57. The van der Waals surface area contributed by atoms with E-state index in [2.05, 4.69) is 10.3 Å². The number of hydrogen-bond donors (Lipinski definition) is 1. The van der Waals surface area contributed by atoms with E-state index in [0.717, 1.165) is 12.1 Å². The van der Waals surface area contributed by atoms with Crippen molar-refractivity contribution >= 4 is 17.9 Å². The molecule has 2 aliphatic heterocycles. The van der Waals surface area contributed by atoms with Crippen LogP contribution in [0.15, 0.2) is 24.3 Å². The van der Waals surface area contributed by atoms with E-state index < -0.39 is 47.2 Å². The predicted octanol–water partition coefficient (Wildman–Crippen LogP) is 5.00. The Kier molecular flexibility index (Phi) is 12.3. The first-order chi connectivity index (χ1) is 23.0. The molecule has 0 saturated carbocycles. The SMILES string of the molecule is COCCCCc1c(C(=O)N(CC(C)C)[C@H]2C[C@@H](C(=O)N3CCOCC3)CN(C(=O)O)C2C(C)(C)C)nnn1-c1cccc(C(F)(F)F)c1. The van der Waals surface area contributed by atoms with E-state index in [9.17, 15) is 32.7 Å². The maximum absolute atomic E-state index is 14.8. The summed E-state index contributed by atoms with van der Waals surface area (Å²) in [5.74, 6) is -1.45. The first kappa shape index (κ1) is 38.1. The highest BCUT2D eigenvalue weighted by molar-refractivity contribution is 5.94. The van der Waals surface area contributed by atoms with E-state index in [4.69, 9.17) is 9.47 Å². The smallest absolute Gasteiger partial charge is 0.416 e. The van der Waals surface area contributed by atoms with Gasteiger partial charge in [0.1, 0.15) is 0 Å². The largest absolute Gasteiger partial charge is 0.465 e. The second-order valence-electron chi connectivity index (χ2n) is 14.3. The Bertz CT molecular complexity index is 1450. The monoisotopic (exact) mass is 694 g/mol. The average molecular weight is 695 g/mol. The van der Waals surface area contributed by atoms with Gasteiger partial charge in [0, 0.05) is 39.9 Å². The molecule has 15 heteroatoms. The summed E-state index contributed by atoms with van der Waals surface area (Å²) in [5.41, 5.74) is -1.07. The number of likely N-dealkylation sites (tertiary alicyclic amines) is 1. The van der Waals surface area contributed by atoms with Crippen LogP contribution in [0.3, 0.4) is 0 Å². The lowest BCUT2D eigenvalue weighted by Crippen LogP contribution is -2.66. The topological polar surface area (TPSA) is 130 Å². The van der Waals surface area contributed by atoms with Crippen LogP contribution in [-0.4, -0.2) is 118 Å². The molecular formula is C34H49F3N6O6. The number of nitrogens with zero attached hydrogens (tertiary/aromatic N) is 6. The minimum absolute atomic E-state index is 0.00977. The predicted molar refractivity (Wildman–Crippen MR) is 174 cm³/mol. The van der Waals surface area contributed by atoms with Crippen molar-refractivity contribution in [2.75, 3.05) is 53.1 Å². The Balaban J connectivity index is 1.82. The Morgan fingerprint density at radius 1 is 1.12 bits per heavy atom. The van der Waals surface area contributed by atoms with E-state index in [-0.39, 0.29) is 49.1 Å². The number of hydrogen-bond acceptors (Lipinski definition) is 7. The number of aromatic nitrogens is 3. The maximum Gasteiger partial charge on any atom is 0.416 e. The van der Waals surface area contributed by atoms with Gasteiger partial charge < -0.3 is 29.3 Å². The van der Waals surface area contributed by atoms with Crippen LogP contribution in [0.4, 0.5) is 18.0 Å². The Hall–Kier alpha value is -3.72. The lowest BCUT2D eigenvalue weighted by atomic mass is 9.74. The van der Waals surface area contributed by atoms with Crippen molar-refractivity contribution in [3.8, 4) is 5.69 Å². The van der Waals surface area contributed by atoms with E-state index in [1.165, 1.54) is 21.7 Å². The minimum atomic E-state index is -4.59. The molecule has 0 radical (unpaired) electrons. The van der Waals surface area contributed by atoms with Crippen LogP contribution in [-0.2, 0) is 26.9 Å². The molecule has 0 bridgehead atoms. The number of piperidine rings is 1. The summed E-state index contributed by atoms with van der Waals surface area (Å²) in [4.78, 5) is 46.1. The standard InChI is InChI=1S/C34H49F3N6O6/c1-22(2)20-41(27-18-23(30(44)40-13-16-49-17-14-40)21-42(32(46)47)29(27)33(3,4)5)31(45)28-26(12-7-8-15-48-6)43(39-38-28)25-11-9-10-24(19-25)34(35,36)37/h9-11,19,22-23,27,29H,7-8,12-18,20-21H2,1-6H3,(H,46,47)/t23-,27+,29?/m1/s1. The van der Waals surface area contributed by atoms with Crippen molar-refractivity contribution in [3.05, 3.63) is 41.2 Å². The van der Waals surface area contributed by atoms with Crippen molar-refractivity contribution in [1.29, 1.82) is 0 Å². The molecule has 3 amide bonds. The molecule has 1 unspecified atom stereocenters. The zero-order chi connectivity index (χ0) is 36.1. The summed E-state index contributed by atoms with van der Waals surface area (Å²) >= 11 is 0. The molecule has 3 atom stereocenters. The van der Waals surface area contributed by atoms with E-state index >= 15 is 0 Å². The van der Waals surface area contributed by atoms with E-state index in [1.54, 1.807) is 16.9 Å². The number of carboxylic acid groups (broad SMARTS) is 1. The Morgan fingerprint density at radius 3 is 2.41 bits per heavy atom. The quantitative estimate of drug-likeness (QED) is 0.326. The van der Waals surface area contributed by atoms with Crippen LogP contribution in [0, 0.1) is 17.3 Å². The second kappa shape index (κ2) is 15.9. The summed E-state index contributed by atoms with van der Waals surface area (Å²) in [6.07, 6.45) is -4.10. The van der Waals surface area contributed by atoms with Crippen molar-refractivity contribution in [3.63, 3.8) is 0 Å². The second-order valence-corrected chi connectivity index (χ2v) is 14.3. The number of morpholine rings is 1. The fraction of sp³-hybridized carbons (Fsp3) is 0.676. The van der Waals surface area contributed by atoms with Gasteiger partial charge in [0.2, 0.25) is 5.91 Å². The normalized spacial score (nSPS) is 20.5. The number of unbranched alkanes of at least 4 members (excludes halogenated alkanes) is 1. The molecule has 49 heavy (non-hydrogen) atoms. The number of halogens is 3. The lowest BCUT2D eigenvalue weighted by Gasteiger charge is -2.52. The number of carbonyl (C=O) groups excluding carboxylic acids is 2. The molecule has 4 rings (SSSR count). The third-order valence-electron chi connectivity index (χ3n) is 9.07. The summed E-state index contributed by atoms with van der Waals surface area (Å²) in [6.45, 7) is 11.8. The molecule has 2 saturated heterocycles. The van der Waals surface area contributed by atoms with Crippen LogP contribution in [0.2, 0.25) is 0 Å². The number of amides is 3. The fourth-order valence-electron chi connectivity index (χ4n) is 6.96. The van der Waals surface area contributed by atoms with Crippen LogP contribution in [0.5, 0.6) is 0 Å². The van der Waals surface area contributed by atoms with Gasteiger partial charge in [-0.05, 0) is 55.2 Å². The molecule has 1 N–H and O–H groups in total. The van der Waals surface area contributed by atoms with E-state index in [1.807, 2.05) is 34.6 Å². The molecule has 1 aromatic heterocycles. The lowest BCUT2D eigenvalue weighted by molar-refractivity contribution is -0.144. The van der Waals surface area contributed by atoms with Gasteiger partial charge in [-0.15, -0.1) is 5.10 Å². The molecule has 1 aromatic carbocycles. The van der Waals surface area contributed by atoms with Crippen molar-refractivity contribution in [1.82, 2.24) is 29.7 Å². The highest BCUT2D eigenvalue weighted by Gasteiger charge is 2.50. The molecule has 272 valence electrons. The molecule has 3 heterocycles. The molecule has 0 aliphatic carbocycles. The van der Waals surface area contributed by atoms with Gasteiger partial charge in [0.25, 0.3) is 5.91 Å². The molecule has 2 fully saturated rings. The van der Waals surface area contributed by atoms with E-state index in [0.29, 0.717) is 51.4 Å². The average Bonchev–Trinajstić information content (AvgIpc) is 3.47. The van der Waals surface area contributed by atoms with Crippen molar-refractivity contribution in [2.45, 2.75) is 78.6 Å². The van der Waals surface area contributed by atoms with Crippen LogP contribution < -0.4 is 0 Å². The Morgan fingerprint density at radius 2 is 1.82 bits per heavy atom. The summed E-state index contributed by atoms with van der Waals surface area (Å²) in [5, 5.41) is 18.9. The molecular weight excluding hydrogens is 645 g/mol. The Labute approximate surface area is 285 Å². The zero-order valence-corrected chi connectivity index (χ0v) is 29.2. The number of methoxy groups -OCH3 is 1. The van der Waals surface area contributed by atoms with Gasteiger partial charge in [-0.3, -0.25) is 9.59 Å². The fourth-order valence-corrected chi connectivity index (χ4v) is 6.96. The molecule has 12 nitrogen and oxygen atoms in total. The number of benzene rings is 1. The highest BCUT2D eigenvalue weighted by atomic mass is 19.4. The first-order valence-electron chi connectivity index (χ1n) is 16.8. The molecule has 0 spiro atoms. The third kappa shape index (κ3) is 9.10. The molecule has 2 aromatic rings. The van der Waals surface area contributed by atoms with Gasteiger partial charge in [0.15, 0.2) is 5.69 Å². The molecule has 2 aliphatic rings. The minimum Gasteiger partial charge on any atom is -0.465 e. The van der Waals surface area contributed by atoms with Gasteiger partial charge in [-0.25, -0.2) is 9.48 Å². The third-order valence-corrected chi connectivity index (χ3v) is 9.07. The number of alkyl halides is 3. The van der Waals surface area contributed by atoms with Crippen molar-refractivity contribution in [2.24, 2.45) is 17.3 Å². The highest BCUT2D eigenvalue weighted by Crippen LogP contribution is 2.39. The first-order valence-corrected chi connectivity index (χ1v) is 16.8. The van der Waals surface area contributed by atoms with Gasteiger partial charge in [-0.2, -0.15) is 13.2 Å². The summed E-state index contributed by atoms with van der Waals surface area (Å²) < 4.78 is 52.9. The number of rotatable bonds is 11. The zero-order valence-electron chi connectivity index (χ0n) is 29.2. The maximum atomic E-state index is 14.8. The van der Waals surface area contributed by atoms with Gasteiger partial charge in [-0.1, -0.05) is 45.9 Å². The number of ether oxygens (including phenoxy) is 2. The van der Waals surface area contributed by atoms with Gasteiger partial charge >= 0.3 is 12.3 Å². The van der Waals surface area contributed by atoms with Crippen LogP contribution in [0.25, 0.3) is 5.69 Å². The van der Waals surface area contributed by atoms with Crippen LogP contribution >= 0.6 is 0 Å². The summed E-state index contributed by atoms with van der Waals surface area (Å²) in [6, 6.07) is 3.31.